The lowest BCUT2D eigenvalue weighted by atomic mass is 10.8. The van der Waals surface area contributed by atoms with Crippen molar-refractivity contribution < 1.29 is 0 Å². The molecule has 2 nitrogen and oxygen atoms in total. The minimum absolute atomic E-state index is 0. The van der Waals surface area contributed by atoms with Gasteiger partial charge in [-0.05, 0) is 6.07 Å². The number of rotatable bonds is 0. The highest BCUT2D eigenvalue weighted by Crippen LogP contribution is 1.96. The zero-order chi connectivity index (χ0) is 4.41. The van der Waals surface area contributed by atoms with Gasteiger partial charge < -0.3 is 0 Å². The van der Waals surface area contributed by atoms with Crippen LogP contribution < -0.4 is 0 Å². The summed E-state index contributed by atoms with van der Waals surface area (Å²) in [4.78, 5) is 0. The molecular formula is C3H5ClMgN2. The number of nitrogens with zero attached hydrogens (tertiary/aromatic N) is 1. The van der Waals surface area contributed by atoms with Gasteiger partial charge >= 0.3 is 23.1 Å². The second-order valence-electron chi connectivity index (χ2n) is 0.897. The van der Waals surface area contributed by atoms with Crippen molar-refractivity contribution >= 4 is 34.7 Å². The molecule has 0 aromatic carbocycles. The van der Waals surface area contributed by atoms with E-state index in [1.807, 2.05) is 0 Å². The standard InChI is InChI=1S/C3H3ClN2.Mg.2H/c4-3-1-2-5-6-3;;;/h1-2H,(H,5,6);;;. The fraction of sp³-hybridized carbons (Fsp3) is 0. The van der Waals surface area contributed by atoms with E-state index < -0.39 is 0 Å². The summed E-state index contributed by atoms with van der Waals surface area (Å²) in [5, 5.41) is 6.61. The third-order valence-electron chi connectivity index (χ3n) is 0.467. The Kier molecular flexibility index (Phi) is 3.42. The van der Waals surface area contributed by atoms with Crippen LogP contribution >= 0.6 is 11.6 Å². The van der Waals surface area contributed by atoms with Crippen LogP contribution in [0.25, 0.3) is 0 Å². The molecule has 1 heterocycles. The summed E-state index contributed by atoms with van der Waals surface area (Å²) in [7, 11) is 0. The van der Waals surface area contributed by atoms with E-state index in [1.54, 1.807) is 12.3 Å². The van der Waals surface area contributed by atoms with Crippen LogP contribution in [0.1, 0.15) is 0 Å². The van der Waals surface area contributed by atoms with Gasteiger partial charge in [-0.3, -0.25) is 5.10 Å². The lowest BCUT2D eigenvalue weighted by Crippen LogP contribution is -1.58. The zero-order valence-electron chi connectivity index (χ0n) is 2.98. The quantitative estimate of drug-likeness (QED) is 0.496. The highest BCUT2D eigenvalue weighted by atomic mass is 35.5. The molecule has 0 aliphatic heterocycles. The van der Waals surface area contributed by atoms with Gasteiger partial charge in [-0.25, -0.2) is 0 Å². The normalized spacial score (nSPS) is 7.57. The molecule has 7 heavy (non-hydrogen) atoms. The van der Waals surface area contributed by atoms with Crippen LogP contribution in [-0.2, 0) is 0 Å². The third kappa shape index (κ3) is 2.16. The van der Waals surface area contributed by atoms with Gasteiger partial charge in [-0.15, -0.1) is 0 Å². The number of H-pyrrole nitrogens is 1. The van der Waals surface area contributed by atoms with Crippen LogP contribution in [0.3, 0.4) is 0 Å². The van der Waals surface area contributed by atoms with E-state index >= 15 is 0 Å². The molecular weight excluding hydrogens is 124 g/mol. The smallest absolute Gasteiger partial charge is 0.284 e. The Balaban J connectivity index is 0.000000360. The topological polar surface area (TPSA) is 28.7 Å². The first-order valence-electron chi connectivity index (χ1n) is 1.55. The minimum Gasteiger partial charge on any atom is -0.284 e. The fourth-order valence-electron chi connectivity index (χ4n) is 0.242. The Morgan fingerprint density at radius 2 is 2.43 bits per heavy atom. The van der Waals surface area contributed by atoms with Crippen molar-refractivity contribution in [3.63, 3.8) is 0 Å². The van der Waals surface area contributed by atoms with Gasteiger partial charge in [-0.1, -0.05) is 11.6 Å². The number of nitrogens with one attached hydrogen (secondary N) is 1. The first kappa shape index (κ1) is 7.27. The van der Waals surface area contributed by atoms with E-state index in [0.717, 1.165) is 0 Å². The molecule has 0 atom stereocenters. The summed E-state index contributed by atoms with van der Waals surface area (Å²) in [6.07, 6.45) is 1.67. The number of aromatic amines is 1. The van der Waals surface area contributed by atoms with Crippen molar-refractivity contribution in [1.29, 1.82) is 0 Å². The predicted molar refractivity (Wildman–Crippen MR) is 32.1 cm³/mol. The van der Waals surface area contributed by atoms with Crippen LogP contribution in [0.2, 0.25) is 5.15 Å². The molecule has 0 spiro atoms. The molecule has 0 fully saturated rings. The van der Waals surface area contributed by atoms with Crippen LogP contribution in [0.5, 0.6) is 0 Å². The van der Waals surface area contributed by atoms with Crippen LogP contribution in [0.4, 0.5) is 0 Å². The molecule has 1 aromatic heterocycles. The molecule has 36 valence electrons. The summed E-state index contributed by atoms with van der Waals surface area (Å²) in [6.45, 7) is 0. The second-order valence-corrected chi connectivity index (χ2v) is 1.28. The average molecular weight is 129 g/mol. The first-order valence-corrected chi connectivity index (χ1v) is 1.92. The molecule has 1 N–H and O–H groups in total. The summed E-state index contributed by atoms with van der Waals surface area (Å²) < 4.78 is 0. The Bertz CT molecular complexity index is 116. The van der Waals surface area contributed by atoms with Gasteiger partial charge in [0.05, 0.1) is 0 Å². The van der Waals surface area contributed by atoms with E-state index in [0.29, 0.717) is 5.15 Å². The Hall–Kier alpha value is 0.266. The summed E-state index contributed by atoms with van der Waals surface area (Å²) >= 11 is 5.31. The van der Waals surface area contributed by atoms with E-state index in [-0.39, 0.29) is 23.1 Å². The molecule has 1 aromatic rings. The molecule has 0 aliphatic carbocycles. The van der Waals surface area contributed by atoms with Crippen molar-refractivity contribution in [2.45, 2.75) is 0 Å². The highest BCUT2D eigenvalue weighted by Gasteiger charge is 1.78. The lowest BCUT2D eigenvalue weighted by Gasteiger charge is -1.61. The predicted octanol–water partition coefficient (Wildman–Crippen LogP) is 0.147. The average Bonchev–Trinajstić information content (AvgIpc) is 1.86. The molecule has 0 bridgehead atoms. The first-order chi connectivity index (χ1) is 2.89. The molecule has 1 rings (SSSR count). The van der Waals surface area contributed by atoms with E-state index in [4.69, 9.17) is 11.6 Å². The van der Waals surface area contributed by atoms with Crippen molar-refractivity contribution in [2.24, 2.45) is 0 Å². The molecule has 0 amide bonds. The van der Waals surface area contributed by atoms with E-state index in [2.05, 4.69) is 10.2 Å². The minimum atomic E-state index is 0. The summed E-state index contributed by atoms with van der Waals surface area (Å²) in [5.74, 6) is 0. The number of hydrogen-bond acceptors (Lipinski definition) is 1. The van der Waals surface area contributed by atoms with E-state index in [9.17, 15) is 0 Å². The van der Waals surface area contributed by atoms with Crippen molar-refractivity contribution in [3.8, 4) is 0 Å². The van der Waals surface area contributed by atoms with Gasteiger partial charge in [0.2, 0.25) is 0 Å². The number of hydrogen-bond donors (Lipinski definition) is 1. The van der Waals surface area contributed by atoms with Crippen molar-refractivity contribution in [1.82, 2.24) is 10.2 Å². The molecule has 0 radical (unpaired) electrons. The van der Waals surface area contributed by atoms with Gasteiger partial charge in [0.1, 0.15) is 0 Å². The maximum Gasteiger partial charge on any atom is 0.316 e. The van der Waals surface area contributed by atoms with Gasteiger partial charge in [0.15, 0.2) is 5.15 Å². The van der Waals surface area contributed by atoms with Crippen LogP contribution in [0.15, 0.2) is 12.3 Å². The molecule has 0 aliphatic rings. The van der Waals surface area contributed by atoms with Crippen molar-refractivity contribution in [3.05, 3.63) is 17.4 Å². The number of halogens is 1. The number of aromatic nitrogens is 2. The van der Waals surface area contributed by atoms with Crippen LogP contribution in [-0.4, -0.2) is 33.3 Å². The maximum atomic E-state index is 5.31. The highest BCUT2D eigenvalue weighted by molar-refractivity contribution is 6.29. The Labute approximate surface area is 62.4 Å². The van der Waals surface area contributed by atoms with Crippen LogP contribution in [0, 0.1) is 0 Å². The van der Waals surface area contributed by atoms with Gasteiger partial charge in [-0.2, -0.15) is 5.10 Å². The third-order valence-corrected chi connectivity index (χ3v) is 0.677. The summed E-state index contributed by atoms with van der Waals surface area (Å²) in [5.41, 5.74) is 0. The molecule has 0 saturated heterocycles. The molecule has 4 heteroatoms. The molecule has 0 saturated carbocycles. The Morgan fingerprint density at radius 3 is 2.57 bits per heavy atom. The lowest BCUT2D eigenvalue weighted by molar-refractivity contribution is 1.09. The van der Waals surface area contributed by atoms with Gasteiger partial charge in [0.25, 0.3) is 0 Å². The monoisotopic (exact) mass is 128 g/mol. The summed E-state index contributed by atoms with van der Waals surface area (Å²) in [6, 6.07) is 1.68. The second kappa shape index (κ2) is 3.29. The largest absolute Gasteiger partial charge is 0.316 e. The van der Waals surface area contributed by atoms with Crippen molar-refractivity contribution in [2.75, 3.05) is 0 Å². The van der Waals surface area contributed by atoms with Gasteiger partial charge in [0, 0.05) is 6.20 Å². The maximum absolute atomic E-state index is 5.31. The zero-order valence-corrected chi connectivity index (χ0v) is 3.74. The van der Waals surface area contributed by atoms with E-state index in [1.165, 1.54) is 0 Å². The molecule has 0 unspecified atom stereocenters. The Morgan fingerprint density at radius 1 is 1.71 bits per heavy atom. The fourth-order valence-corrected chi connectivity index (χ4v) is 0.354. The SMILES string of the molecule is Clc1cc[nH]n1.[MgH2].